The van der Waals surface area contributed by atoms with Crippen molar-refractivity contribution in [2.75, 3.05) is 19.1 Å². The van der Waals surface area contributed by atoms with Crippen LogP contribution in [0.4, 0.5) is 5.69 Å². The molecule has 3 heterocycles. The minimum Gasteiger partial charge on any atom is -0.508 e. The molecule has 0 bridgehead atoms. The number of amides is 2. The first-order valence-electron chi connectivity index (χ1n) is 9.67. The number of carbonyl (C=O) groups is 3. The maximum Gasteiger partial charge on any atom is 0.342 e. The fourth-order valence-electron chi connectivity index (χ4n) is 4.46. The van der Waals surface area contributed by atoms with Crippen molar-refractivity contribution < 1.29 is 33.7 Å². The van der Waals surface area contributed by atoms with Gasteiger partial charge in [0.2, 0.25) is 11.8 Å². The first-order valence-corrected chi connectivity index (χ1v) is 10.5. The Morgan fingerprint density at radius 1 is 1.03 bits per heavy atom. The number of methoxy groups -OCH3 is 2. The fourth-order valence-corrected chi connectivity index (χ4v) is 5.70. The minimum absolute atomic E-state index is 0.0838. The van der Waals surface area contributed by atoms with E-state index in [4.69, 9.17) is 19.9 Å². The molecule has 3 aliphatic rings. The number of phenols is 1. The number of carbonyl (C=O) groups excluding carboxylic acids is 3. The van der Waals surface area contributed by atoms with Gasteiger partial charge in [-0.05, 0) is 18.2 Å². The lowest BCUT2D eigenvalue weighted by molar-refractivity contribution is -0.131. The van der Waals surface area contributed by atoms with Gasteiger partial charge in [0.15, 0.2) is 11.5 Å². The maximum absolute atomic E-state index is 13.6. The van der Waals surface area contributed by atoms with E-state index in [0.29, 0.717) is 22.7 Å². The maximum atomic E-state index is 13.6. The van der Waals surface area contributed by atoms with E-state index >= 15 is 0 Å². The molecule has 2 aromatic rings. The first kappa shape index (κ1) is 20.3. The number of aromatic hydroxyl groups is 1. The van der Waals surface area contributed by atoms with Crippen LogP contribution in [0.25, 0.3) is 0 Å². The van der Waals surface area contributed by atoms with Crippen molar-refractivity contribution in [3.8, 4) is 23.0 Å². The molecule has 2 aromatic carbocycles. The lowest BCUT2D eigenvalue weighted by Gasteiger charge is -2.36. The number of thioether (sulfide) groups is 1. The van der Waals surface area contributed by atoms with Crippen molar-refractivity contribution in [1.29, 1.82) is 0 Å². The topological polar surface area (TPSA) is 128 Å². The molecule has 0 saturated carbocycles. The third-order valence-corrected chi connectivity index (χ3v) is 7.09. The highest BCUT2D eigenvalue weighted by molar-refractivity contribution is 8.04. The van der Waals surface area contributed by atoms with Crippen LogP contribution in [0, 0.1) is 5.92 Å². The monoisotopic (exact) mass is 454 g/mol. The number of esters is 1. The van der Waals surface area contributed by atoms with Crippen molar-refractivity contribution in [3.05, 3.63) is 52.6 Å². The lowest BCUT2D eigenvalue weighted by Crippen LogP contribution is -2.39. The second-order valence-corrected chi connectivity index (χ2v) is 8.67. The van der Waals surface area contributed by atoms with Crippen LogP contribution in [-0.4, -0.2) is 42.4 Å². The van der Waals surface area contributed by atoms with E-state index in [1.807, 2.05) is 0 Å². The highest BCUT2D eigenvalue weighted by Crippen LogP contribution is 2.55. The van der Waals surface area contributed by atoms with Gasteiger partial charge in [-0.1, -0.05) is 17.8 Å². The summed E-state index contributed by atoms with van der Waals surface area (Å²) < 4.78 is 15.9. The van der Waals surface area contributed by atoms with Crippen LogP contribution < -0.4 is 24.8 Å². The molecule has 0 aromatic heterocycles. The lowest BCUT2D eigenvalue weighted by atomic mass is 9.77. The Kier molecular flexibility index (Phi) is 4.55. The van der Waals surface area contributed by atoms with E-state index in [-0.39, 0.29) is 22.1 Å². The number of rotatable bonds is 3. The average molecular weight is 454 g/mol. The van der Waals surface area contributed by atoms with E-state index in [9.17, 15) is 19.5 Å². The summed E-state index contributed by atoms with van der Waals surface area (Å²) in [6.45, 7) is 0. The average Bonchev–Trinajstić information content (AvgIpc) is 3.02. The summed E-state index contributed by atoms with van der Waals surface area (Å²) in [7, 11) is 2.95. The van der Waals surface area contributed by atoms with Gasteiger partial charge in [-0.2, -0.15) is 0 Å². The zero-order valence-electron chi connectivity index (χ0n) is 17.0. The Bertz CT molecular complexity index is 1220. The molecular weight excluding hydrogens is 436 g/mol. The Hall–Kier alpha value is -3.66. The molecular formula is C22H18N2O7S. The number of ether oxygens (including phenoxy) is 3. The Balaban J connectivity index is 1.62. The van der Waals surface area contributed by atoms with Crippen molar-refractivity contribution in [3.63, 3.8) is 0 Å². The number of fused-ring (bicyclic) bond motifs is 5. The normalized spacial score (nSPS) is 24.0. The van der Waals surface area contributed by atoms with Crippen LogP contribution in [0.3, 0.4) is 0 Å². The van der Waals surface area contributed by atoms with Crippen molar-refractivity contribution in [2.24, 2.45) is 11.7 Å². The Labute approximate surface area is 186 Å². The van der Waals surface area contributed by atoms with Crippen LogP contribution in [-0.2, 0) is 14.4 Å². The number of nitrogens with two attached hydrogens (primary N) is 1. The van der Waals surface area contributed by atoms with Crippen LogP contribution in [0.5, 0.6) is 23.0 Å². The molecule has 3 aliphatic heterocycles. The van der Waals surface area contributed by atoms with E-state index < -0.39 is 34.9 Å². The molecule has 1 fully saturated rings. The number of hydrogen-bond donors (Lipinski definition) is 2. The van der Waals surface area contributed by atoms with Crippen molar-refractivity contribution in [2.45, 2.75) is 11.2 Å². The molecule has 5 rings (SSSR count). The van der Waals surface area contributed by atoms with Gasteiger partial charge in [0, 0.05) is 23.6 Å². The molecule has 1 saturated heterocycles. The van der Waals surface area contributed by atoms with Gasteiger partial charge in [0.25, 0.3) is 0 Å². The van der Waals surface area contributed by atoms with Gasteiger partial charge < -0.3 is 25.1 Å². The standard InChI is InChI=1S/C22H18N2O7S/c1-29-12-6-3-9(7-14(12)30-2)24-20(26)16-15-11-5-4-10(25)8-13(11)31-22(28)17(15)19(23)32-18(16)21(24)27/h3-8,15-16,18,25H,23H2,1-2H3/t15-,16-,18+/m0/s1. The van der Waals surface area contributed by atoms with Crippen molar-refractivity contribution in [1.82, 2.24) is 0 Å². The van der Waals surface area contributed by atoms with Crippen LogP contribution in [0.1, 0.15) is 11.5 Å². The summed E-state index contributed by atoms with van der Waals surface area (Å²) in [6, 6.07) is 9.09. The number of imide groups is 1. The Morgan fingerprint density at radius 3 is 2.50 bits per heavy atom. The second kappa shape index (κ2) is 7.20. The molecule has 10 heteroatoms. The molecule has 0 aliphatic carbocycles. The van der Waals surface area contributed by atoms with E-state index in [1.54, 1.807) is 24.3 Å². The van der Waals surface area contributed by atoms with E-state index in [1.165, 1.54) is 26.4 Å². The van der Waals surface area contributed by atoms with Gasteiger partial charge in [-0.25, -0.2) is 9.69 Å². The highest BCUT2D eigenvalue weighted by atomic mass is 32.2. The van der Waals surface area contributed by atoms with Gasteiger partial charge in [-0.3, -0.25) is 9.59 Å². The summed E-state index contributed by atoms with van der Waals surface area (Å²) >= 11 is 0.991. The molecule has 2 amide bonds. The summed E-state index contributed by atoms with van der Waals surface area (Å²) in [5.74, 6) is -2.32. The van der Waals surface area contributed by atoms with Crippen molar-refractivity contribution >= 4 is 35.2 Å². The number of anilines is 1. The summed E-state index contributed by atoms with van der Waals surface area (Å²) in [5.41, 5.74) is 7.18. The zero-order valence-corrected chi connectivity index (χ0v) is 17.8. The molecule has 3 N–H and O–H groups in total. The molecule has 32 heavy (non-hydrogen) atoms. The SMILES string of the molecule is COc1ccc(N2C(=O)[C@@H]3[C@@H](SC(N)=C4C(=O)Oc5cc(O)ccc5[C@H]43)C2=O)cc1OC. The minimum atomic E-state index is -0.862. The van der Waals surface area contributed by atoms with Gasteiger partial charge in [0.1, 0.15) is 16.7 Å². The number of phenolic OH excluding ortho intramolecular Hbond substituents is 1. The Morgan fingerprint density at radius 2 is 1.78 bits per heavy atom. The smallest absolute Gasteiger partial charge is 0.342 e. The van der Waals surface area contributed by atoms with E-state index in [2.05, 4.69) is 0 Å². The number of nitrogens with zero attached hydrogens (tertiary/aromatic N) is 1. The zero-order chi connectivity index (χ0) is 22.7. The first-order chi connectivity index (χ1) is 15.3. The van der Waals surface area contributed by atoms with Crippen LogP contribution in [0.2, 0.25) is 0 Å². The molecule has 164 valence electrons. The fraction of sp³-hybridized carbons (Fsp3) is 0.227. The third kappa shape index (κ3) is 2.76. The summed E-state index contributed by atoms with van der Waals surface area (Å²) in [6.07, 6.45) is 0. The largest absolute Gasteiger partial charge is 0.508 e. The second-order valence-electron chi connectivity index (χ2n) is 7.48. The number of hydrogen-bond acceptors (Lipinski definition) is 9. The van der Waals surface area contributed by atoms with Gasteiger partial charge >= 0.3 is 5.97 Å². The molecule has 0 spiro atoms. The predicted molar refractivity (Wildman–Crippen MR) is 115 cm³/mol. The molecule has 0 unspecified atom stereocenters. The number of benzene rings is 2. The third-order valence-electron chi connectivity index (χ3n) is 5.87. The molecule has 9 nitrogen and oxygen atoms in total. The summed E-state index contributed by atoms with van der Waals surface area (Å²) in [4.78, 5) is 40.8. The van der Waals surface area contributed by atoms with E-state index in [0.717, 1.165) is 16.7 Å². The molecule has 0 radical (unpaired) electrons. The summed E-state index contributed by atoms with van der Waals surface area (Å²) in [5, 5.41) is 9.14. The van der Waals surface area contributed by atoms with Gasteiger partial charge in [-0.15, -0.1) is 0 Å². The molecule has 3 atom stereocenters. The quantitative estimate of drug-likeness (QED) is 0.406. The van der Waals surface area contributed by atoms with Crippen LogP contribution in [0.15, 0.2) is 47.0 Å². The predicted octanol–water partition coefficient (Wildman–Crippen LogP) is 1.89. The highest BCUT2D eigenvalue weighted by Gasteiger charge is 2.58. The van der Waals surface area contributed by atoms with Gasteiger partial charge in [0.05, 0.1) is 36.4 Å². The van der Waals surface area contributed by atoms with Crippen LogP contribution >= 0.6 is 11.8 Å².